The lowest BCUT2D eigenvalue weighted by Gasteiger charge is -2.24. The molecule has 1 amide bonds. The zero-order valence-corrected chi connectivity index (χ0v) is 13.5. The fourth-order valence-corrected chi connectivity index (χ4v) is 2.80. The molecule has 0 spiro atoms. The molecule has 1 aromatic carbocycles. The Bertz CT molecular complexity index is 721. The summed E-state index contributed by atoms with van der Waals surface area (Å²) in [6, 6.07) is 9.16. The van der Waals surface area contributed by atoms with Crippen LogP contribution in [0.5, 0.6) is 11.6 Å². The second kappa shape index (κ2) is 6.87. The van der Waals surface area contributed by atoms with E-state index in [1.807, 2.05) is 24.3 Å². The van der Waals surface area contributed by atoms with Gasteiger partial charge in [-0.1, -0.05) is 17.7 Å². The number of hydrogen-bond acceptors (Lipinski definition) is 4. The Morgan fingerprint density at radius 1 is 1.48 bits per heavy atom. The van der Waals surface area contributed by atoms with Crippen molar-refractivity contribution in [1.29, 1.82) is 0 Å². The third-order valence-corrected chi connectivity index (χ3v) is 4.03. The van der Waals surface area contributed by atoms with E-state index >= 15 is 0 Å². The Balaban J connectivity index is 1.63. The van der Waals surface area contributed by atoms with Gasteiger partial charge in [0.15, 0.2) is 0 Å². The van der Waals surface area contributed by atoms with Crippen molar-refractivity contribution in [3.05, 3.63) is 52.7 Å². The lowest BCUT2D eigenvalue weighted by molar-refractivity contribution is -0.126. The molecule has 1 N–H and O–H groups in total. The summed E-state index contributed by atoms with van der Waals surface area (Å²) in [6.45, 7) is 0.736. The van der Waals surface area contributed by atoms with Crippen LogP contribution in [0.15, 0.2) is 36.5 Å². The van der Waals surface area contributed by atoms with Gasteiger partial charge in [0.2, 0.25) is 11.8 Å². The molecule has 0 saturated heterocycles. The number of amides is 1. The second-order valence-corrected chi connectivity index (χ2v) is 5.79. The smallest absolute Gasteiger partial charge is 0.227 e. The molecule has 0 aliphatic carbocycles. The van der Waals surface area contributed by atoms with Crippen LogP contribution in [0.4, 0.5) is 0 Å². The average molecular weight is 333 g/mol. The zero-order chi connectivity index (χ0) is 16.2. The van der Waals surface area contributed by atoms with E-state index in [-0.39, 0.29) is 11.8 Å². The van der Waals surface area contributed by atoms with Gasteiger partial charge in [-0.15, -0.1) is 0 Å². The maximum Gasteiger partial charge on any atom is 0.227 e. The maximum absolute atomic E-state index is 12.4. The normalized spacial score (nSPS) is 16.2. The van der Waals surface area contributed by atoms with Crippen LogP contribution < -0.4 is 14.8 Å². The Morgan fingerprint density at radius 2 is 2.35 bits per heavy atom. The molecule has 23 heavy (non-hydrogen) atoms. The molecule has 5 nitrogen and oxygen atoms in total. The highest BCUT2D eigenvalue weighted by Gasteiger charge is 2.26. The van der Waals surface area contributed by atoms with Crippen LogP contribution in [0.2, 0.25) is 5.02 Å². The molecule has 1 aromatic heterocycles. The number of rotatable bonds is 4. The van der Waals surface area contributed by atoms with Crippen molar-refractivity contribution < 1.29 is 14.3 Å². The molecule has 0 fully saturated rings. The summed E-state index contributed by atoms with van der Waals surface area (Å²) in [5.74, 6) is 1.03. The molecule has 120 valence electrons. The molecule has 2 heterocycles. The minimum absolute atomic E-state index is 0.0541. The summed E-state index contributed by atoms with van der Waals surface area (Å²) in [5, 5.41) is 3.56. The molecule has 1 aliphatic heterocycles. The number of pyridine rings is 1. The first-order valence-corrected chi connectivity index (χ1v) is 7.72. The minimum atomic E-state index is -0.233. The molecule has 1 atom stereocenters. The molecule has 0 unspecified atom stereocenters. The summed E-state index contributed by atoms with van der Waals surface area (Å²) in [6.07, 6.45) is 2.27. The number of benzene rings is 1. The van der Waals surface area contributed by atoms with Crippen molar-refractivity contribution in [2.45, 2.75) is 13.0 Å². The number of halogens is 1. The SMILES string of the molecule is COc1ncccc1CNC(=O)[C@@H]1COc2ccc(Cl)cc2C1. The predicted molar refractivity (Wildman–Crippen MR) is 86.8 cm³/mol. The van der Waals surface area contributed by atoms with Crippen molar-refractivity contribution in [2.24, 2.45) is 5.92 Å². The van der Waals surface area contributed by atoms with Crippen molar-refractivity contribution in [2.75, 3.05) is 13.7 Å². The molecule has 0 bridgehead atoms. The summed E-state index contributed by atoms with van der Waals surface area (Å²) in [7, 11) is 1.56. The lowest BCUT2D eigenvalue weighted by atomic mass is 9.96. The van der Waals surface area contributed by atoms with Crippen LogP contribution in [0.1, 0.15) is 11.1 Å². The van der Waals surface area contributed by atoms with Gasteiger partial charge in [0, 0.05) is 23.3 Å². The molecular weight excluding hydrogens is 316 g/mol. The molecule has 1 aliphatic rings. The highest BCUT2D eigenvalue weighted by Crippen LogP contribution is 2.29. The van der Waals surface area contributed by atoms with E-state index in [2.05, 4.69) is 10.3 Å². The number of nitrogens with zero attached hydrogens (tertiary/aromatic N) is 1. The van der Waals surface area contributed by atoms with Gasteiger partial charge in [-0.25, -0.2) is 4.98 Å². The monoisotopic (exact) mass is 332 g/mol. The number of methoxy groups -OCH3 is 1. The largest absolute Gasteiger partial charge is 0.492 e. The number of carbonyl (C=O) groups excluding carboxylic acids is 1. The van der Waals surface area contributed by atoms with Crippen molar-refractivity contribution in [3.63, 3.8) is 0 Å². The van der Waals surface area contributed by atoms with Gasteiger partial charge >= 0.3 is 0 Å². The van der Waals surface area contributed by atoms with Gasteiger partial charge in [-0.3, -0.25) is 4.79 Å². The van der Waals surface area contributed by atoms with E-state index < -0.39 is 0 Å². The van der Waals surface area contributed by atoms with Crippen LogP contribution in [0.3, 0.4) is 0 Å². The number of aromatic nitrogens is 1. The van der Waals surface area contributed by atoms with Gasteiger partial charge in [-0.2, -0.15) is 0 Å². The van der Waals surface area contributed by atoms with Crippen molar-refractivity contribution in [1.82, 2.24) is 10.3 Å². The highest BCUT2D eigenvalue weighted by molar-refractivity contribution is 6.30. The first-order chi connectivity index (χ1) is 11.2. The summed E-state index contributed by atoms with van der Waals surface area (Å²) in [5.41, 5.74) is 1.80. The summed E-state index contributed by atoms with van der Waals surface area (Å²) < 4.78 is 10.8. The summed E-state index contributed by atoms with van der Waals surface area (Å²) in [4.78, 5) is 16.5. The molecule has 2 aromatic rings. The van der Waals surface area contributed by atoms with Crippen molar-refractivity contribution >= 4 is 17.5 Å². The van der Waals surface area contributed by atoms with E-state index in [0.717, 1.165) is 16.9 Å². The van der Waals surface area contributed by atoms with E-state index in [0.29, 0.717) is 30.5 Å². The van der Waals surface area contributed by atoms with Crippen LogP contribution >= 0.6 is 11.6 Å². The van der Waals surface area contributed by atoms with Gasteiger partial charge in [0.1, 0.15) is 12.4 Å². The third-order valence-electron chi connectivity index (χ3n) is 3.80. The van der Waals surface area contributed by atoms with Gasteiger partial charge in [0.25, 0.3) is 0 Å². The Labute approximate surface area is 139 Å². The van der Waals surface area contributed by atoms with Gasteiger partial charge in [0.05, 0.1) is 13.0 Å². The number of ether oxygens (including phenoxy) is 2. The second-order valence-electron chi connectivity index (χ2n) is 5.35. The zero-order valence-electron chi connectivity index (χ0n) is 12.7. The van der Waals surface area contributed by atoms with Crippen molar-refractivity contribution in [3.8, 4) is 11.6 Å². The number of carbonyl (C=O) groups is 1. The fraction of sp³-hybridized carbons (Fsp3) is 0.294. The van der Waals surface area contributed by atoms with Gasteiger partial charge in [-0.05, 0) is 36.2 Å². The third kappa shape index (κ3) is 3.56. The van der Waals surface area contributed by atoms with E-state index in [4.69, 9.17) is 21.1 Å². The maximum atomic E-state index is 12.4. The lowest BCUT2D eigenvalue weighted by Crippen LogP contribution is -2.37. The number of fused-ring (bicyclic) bond motifs is 1. The van der Waals surface area contributed by atoms with Crippen LogP contribution in [-0.4, -0.2) is 24.6 Å². The van der Waals surface area contributed by atoms with E-state index in [1.165, 1.54) is 0 Å². The first kappa shape index (κ1) is 15.6. The minimum Gasteiger partial charge on any atom is -0.492 e. The van der Waals surface area contributed by atoms with E-state index in [1.54, 1.807) is 19.4 Å². The Morgan fingerprint density at radius 3 is 3.17 bits per heavy atom. The topological polar surface area (TPSA) is 60.5 Å². The Kier molecular flexibility index (Phi) is 4.67. The molecule has 6 heteroatoms. The van der Waals surface area contributed by atoms with Crippen LogP contribution in [0.25, 0.3) is 0 Å². The number of nitrogens with one attached hydrogen (secondary N) is 1. The molecule has 0 radical (unpaired) electrons. The number of hydrogen-bond donors (Lipinski definition) is 1. The quantitative estimate of drug-likeness (QED) is 0.935. The Hall–Kier alpha value is -2.27. The first-order valence-electron chi connectivity index (χ1n) is 7.34. The van der Waals surface area contributed by atoms with E-state index in [9.17, 15) is 4.79 Å². The predicted octanol–water partition coefficient (Wildman–Crippen LogP) is 2.61. The molecular formula is C17H17ClN2O3. The average Bonchev–Trinajstić information content (AvgIpc) is 2.59. The van der Waals surface area contributed by atoms with Crippen LogP contribution in [0, 0.1) is 5.92 Å². The molecule has 0 saturated carbocycles. The highest BCUT2D eigenvalue weighted by atomic mass is 35.5. The standard InChI is InChI=1S/C17H17ClN2O3/c1-22-17-11(3-2-6-19-17)9-20-16(21)13-7-12-8-14(18)4-5-15(12)23-10-13/h2-6,8,13H,7,9-10H2,1H3,(H,20,21)/t13-/m0/s1. The fourth-order valence-electron chi connectivity index (χ4n) is 2.60. The van der Waals surface area contributed by atoms with Gasteiger partial charge < -0.3 is 14.8 Å². The molecule has 3 rings (SSSR count). The summed E-state index contributed by atoms with van der Waals surface area (Å²) >= 11 is 6.00. The van der Waals surface area contributed by atoms with Crippen LogP contribution in [-0.2, 0) is 17.8 Å².